The van der Waals surface area contributed by atoms with Crippen molar-refractivity contribution < 1.29 is 4.74 Å². The van der Waals surface area contributed by atoms with Crippen molar-refractivity contribution in [2.75, 3.05) is 39.3 Å². The minimum Gasteiger partial charge on any atom is -0.376 e. The lowest BCUT2D eigenvalue weighted by molar-refractivity contribution is -0.0337. The summed E-state index contributed by atoms with van der Waals surface area (Å²) in [6.45, 7) is 20.9. The van der Waals surface area contributed by atoms with Crippen LogP contribution in [0.2, 0.25) is 0 Å². The molecular formula is C20H40N2O. The third-order valence-electron chi connectivity index (χ3n) is 5.54. The van der Waals surface area contributed by atoms with E-state index in [1.54, 1.807) is 0 Å². The third-order valence-corrected chi connectivity index (χ3v) is 5.54. The zero-order valence-electron chi connectivity index (χ0n) is 16.5. The van der Waals surface area contributed by atoms with Gasteiger partial charge >= 0.3 is 0 Å². The standard InChI is InChI=1S/C20H40N2O/c1-19(2,3)22-13-9-17(10-14-22)15-21-11-7-18(8-12-21)16-23-20(4,5)6/h17-18H,7-16H2,1-6H3. The monoisotopic (exact) mass is 324 g/mol. The van der Waals surface area contributed by atoms with E-state index in [2.05, 4.69) is 51.3 Å². The van der Waals surface area contributed by atoms with E-state index in [0.717, 1.165) is 18.4 Å². The van der Waals surface area contributed by atoms with Gasteiger partial charge in [-0.05, 0) is 105 Å². The Morgan fingerprint density at radius 1 is 0.783 bits per heavy atom. The van der Waals surface area contributed by atoms with Crippen molar-refractivity contribution in [3.63, 3.8) is 0 Å². The molecule has 23 heavy (non-hydrogen) atoms. The molecule has 3 heteroatoms. The van der Waals surface area contributed by atoms with Crippen molar-refractivity contribution in [3.8, 4) is 0 Å². The fraction of sp³-hybridized carbons (Fsp3) is 1.00. The van der Waals surface area contributed by atoms with E-state index in [-0.39, 0.29) is 5.60 Å². The van der Waals surface area contributed by atoms with Crippen molar-refractivity contribution in [3.05, 3.63) is 0 Å². The number of hydrogen-bond acceptors (Lipinski definition) is 3. The van der Waals surface area contributed by atoms with Crippen LogP contribution in [-0.2, 0) is 4.74 Å². The molecule has 3 nitrogen and oxygen atoms in total. The topological polar surface area (TPSA) is 15.7 Å². The van der Waals surface area contributed by atoms with Gasteiger partial charge in [0, 0.05) is 12.1 Å². The fourth-order valence-corrected chi connectivity index (χ4v) is 3.86. The normalized spacial score (nSPS) is 24.3. The Morgan fingerprint density at radius 3 is 1.78 bits per heavy atom. The van der Waals surface area contributed by atoms with Gasteiger partial charge in [0.05, 0.1) is 12.2 Å². The van der Waals surface area contributed by atoms with E-state index in [1.165, 1.54) is 58.4 Å². The van der Waals surface area contributed by atoms with Crippen LogP contribution < -0.4 is 0 Å². The van der Waals surface area contributed by atoms with Crippen LogP contribution in [0.3, 0.4) is 0 Å². The lowest BCUT2D eigenvalue weighted by Gasteiger charge is -2.42. The van der Waals surface area contributed by atoms with Crippen molar-refractivity contribution in [1.29, 1.82) is 0 Å². The second-order valence-corrected chi connectivity index (χ2v) is 9.77. The summed E-state index contributed by atoms with van der Waals surface area (Å²) in [6.07, 6.45) is 5.39. The molecule has 2 heterocycles. The fourth-order valence-electron chi connectivity index (χ4n) is 3.86. The van der Waals surface area contributed by atoms with Gasteiger partial charge in [-0.25, -0.2) is 0 Å². The second-order valence-electron chi connectivity index (χ2n) is 9.77. The molecule has 0 N–H and O–H groups in total. The highest BCUT2D eigenvalue weighted by Crippen LogP contribution is 2.26. The molecule has 2 aliphatic rings. The highest BCUT2D eigenvalue weighted by Gasteiger charge is 2.29. The first kappa shape index (κ1) is 19.2. The molecule has 2 saturated heterocycles. The van der Waals surface area contributed by atoms with Crippen molar-refractivity contribution >= 4 is 0 Å². The Kier molecular flexibility index (Phi) is 6.55. The molecule has 0 aromatic heterocycles. The van der Waals surface area contributed by atoms with Gasteiger partial charge in [-0.3, -0.25) is 4.90 Å². The maximum atomic E-state index is 5.97. The summed E-state index contributed by atoms with van der Waals surface area (Å²) in [4.78, 5) is 5.37. The van der Waals surface area contributed by atoms with Gasteiger partial charge in [-0.1, -0.05) is 0 Å². The number of likely N-dealkylation sites (tertiary alicyclic amines) is 2. The third kappa shape index (κ3) is 6.72. The summed E-state index contributed by atoms with van der Waals surface area (Å²) in [5.74, 6) is 1.68. The van der Waals surface area contributed by atoms with Crippen LogP contribution in [0.1, 0.15) is 67.2 Å². The average molecular weight is 325 g/mol. The molecule has 0 unspecified atom stereocenters. The van der Waals surface area contributed by atoms with Gasteiger partial charge in [0.25, 0.3) is 0 Å². The first-order valence-electron chi connectivity index (χ1n) is 9.75. The lowest BCUT2D eigenvalue weighted by atomic mass is 9.91. The SMILES string of the molecule is CC(C)(C)OCC1CCN(CC2CCN(C(C)(C)C)CC2)CC1. The van der Waals surface area contributed by atoms with E-state index in [1.807, 2.05) is 0 Å². The Morgan fingerprint density at radius 2 is 1.30 bits per heavy atom. The van der Waals surface area contributed by atoms with Crippen LogP contribution in [0.5, 0.6) is 0 Å². The first-order chi connectivity index (χ1) is 10.6. The van der Waals surface area contributed by atoms with E-state index in [4.69, 9.17) is 4.74 Å². The molecule has 0 atom stereocenters. The average Bonchev–Trinajstić information content (AvgIpc) is 2.45. The minimum absolute atomic E-state index is 0.0121. The molecular weight excluding hydrogens is 284 g/mol. The van der Waals surface area contributed by atoms with Crippen LogP contribution in [0, 0.1) is 11.8 Å². The number of piperidine rings is 2. The number of nitrogens with zero attached hydrogens (tertiary/aromatic N) is 2. The second kappa shape index (κ2) is 7.84. The molecule has 0 aliphatic carbocycles. The molecule has 0 aromatic carbocycles. The molecule has 2 fully saturated rings. The summed E-state index contributed by atoms with van der Waals surface area (Å²) >= 11 is 0. The van der Waals surface area contributed by atoms with E-state index >= 15 is 0 Å². The zero-order valence-corrected chi connectivity index (χ0v) is 16.5. The summed E-state index contributed by atoms with van der Waals surface area (Å²) in [5.41, 5.74) is 0.356. The maximum Gasteiger partial charge on any atom is 0.0598 e. The first-order valence-corrected chi connectivity index (χ1v) is 9.75. The maximum absolute atomic E-state index is 5.97. The molecule has 0 aromatic rings. The Hall–Kier alpha value is -0.120. The molecule has 0 radical (unpaired) electrons. The predicted molar refractivity (Wildman–Crippen MR) is 98.9 cm³/mol. The van der Waals surface area contributed by atoms with Gasteiger partial charge in [0.15, 0.2) is 0 Å². The van der Waals surface area contributed by atoms with Crippen LogP contribution >= 0.6 is 0 Å². The molecule has 0 bridgehead atoms. The quantitative estimate of drug-likeness (QED) is 0.776. The Bertz CT molecular complexity index is 340. The largest absolute Gasteiger partial charge is 0.376 e. The van der Waals surface area contributed by atoms with E-state index in [9.17, 15) is 0 Å². The summed E-state index contributed by atoms with van der Waals surface area (Å²) < 4.78 is 5.97. The summed E-state index contributed by atoms with van der Waals surface area (Å²) in [6, 6.07) is 0. The van der Waals surface area contributed by atoms with Crippen molar-refractivity contribution in [2.24, 2.45) is 11.8 Å². The number of rotatable bonds is 4. The highest BCUT2D eigenvalue weighted by atomic mass is 16.5. The summed E-state index contributed by atoms with van der Waals surface area (Å²) in [5, 5.41) is 0. The predicted octanol–water partition coefficient (Wildman–Crippen LogP) is 4.02. The van der Waals surface area contributed by atoms with E-state index in [0.29, 0.717) is 5.54 Å². The molecule has 0 amide bonds. The van der Waals surface area contributed by atoms with Gasteiger partial charge in [-0.2, -0.15) is 0 Å². The molecule has 2 aliphatic heterocycles. The summed E-state index contributed by atoms with van der Waals surface area (Å²) in [7, 11) is 0. The number of ether oxygens (including phenoxy) is 1. The molecule has 2 rings (SSSR count). The van der Waals surface area contributed by atoms with Gasteiger partial charge in [-0.15, -0.1) is 0 Å². The van der Waals surface area contributed by atoms with Gasteiger partial charge in [0.1, 0.15) is 0 Å². The van der Waals surface area contributed by atoms with Crippen LogP contribution in [0.15, 0.2) is 0 Å². The van der Waals surface area contributed by atoms with Gasteiger partial charge < -0.3 is 9.64 Å². The minimum atomic E-state index is 0.0121. The van der Waals surface area contributed by atoms with Gasteiger partial charge in [0.2, 0.25) is 0 Å². The van der Waals surface area contributed by atoms with Crippen molar-refractivity contribution in [1.82, 2.24) is 9.80 Å². The molecule has 0 saturated carbocycles. The Labute approximate surface area is 144 Å². The molecule has 136 valence electrons. The van der Waals surface area contributed by atoms with Crippen LogP contribution in [0.25, 0.3) is 0 Å². The number of hydrogen-bond donors (Lipinski definition) is 0. The van der Waals surface area contributed by atoms with E-state index < -0.39 is 0 Å². The molecule has 0 spiro atoms. The zero-order chi connectivity index (χ0) is 17.1. The highest BCUT2D eigenvalue weighted by molar-refractivity contribution is 4.84. The Balaban J connectivity index is 1.64. The smallest absolute Gasteiger partial charge is 0.0598 e. The van der Waals surface area contributed by atoms with Crippen LogP contribution in [-0.4, -0.2) is 60.3 Å². The lowest BCUT2D eigenvalue weighted by Crippen LogP contribution is -2.48. The van der Waals surface area contributed by atoms with Crippen LogP contribution in [0.4, 0.5) is 0 Å². The van der Waals surface area contributed by atoms with Crippen molar-refractivity contribution in [2.45, 2.75) is 78.4 Å².